The maximum Gasteiger partial charge on any atom is 0.132 e. The van der Waals surface area contributed by atoms with Gasteiger partial charge in [0.2, 0.25) is 0 Å². The molecule has 1 atom stereocenters. The first-order valence-corrected chi connectivity index (χ1v) is 8.42. The average molecular weight is 361 g/mol. The Kier molecular flexibility index (Phi) is 6.24. The second-order valence-corrected chi connectivity index (χ2v) is 6.52. The first kappa shape index (κ1) is 17.7. The Morgan fingerprint density at radius 2 is 2.00 bits per heavy atom. The zero-order chi connectivity index (χ0) is 14.8. The second kappa shape index (κ2) is 7.75. The number of nitrogens with one attached hydrogen (secondary N) is 1. The molecule has 0 spiro atoms. The third-order valence-corrected chi connectivity index (χ3v) is 5.00. The van der Waals surface area contributed by atoms with Crippen LogP contribution in [0.3, 0.4) is 0 Å². The molecule has 22 heavy (non-hydrogen) atoms. The van der Waals surface area contributed by atoms with E-state index in [9.17, 15) is 4.39 Å². The third-order valence-electron chi connectivity index (χ3n) is 3.97. The topological polar surface area (TPSA) is 15.3 Å². The van der Waals surface area contributed by atoms with Crippen LogP contribution in [-0.2, 0) is 0 Å². The number of hydrogen-bond acceptors (Lipinski definition) is 3. The summed E-state index contributed by atoms with van der Waals surface area (Å²) < 4.78 is 14.7. The summed E-state index contributed by atoms with van der Waals surface area (Å²) in [5, 5.41) is 7.97. The zero-order valence-electron chi connectivity index (χ0n) is 12.3. The molecule has 1 saturated heterocycles. The van der Waals surface area contributed by atoms with Crippen LogP contribution in [0.2, 0.25) is 5.02 Å². The van der Waals surface area contributed by atoms with E-state index in [-0.39, 0.29) is 24.3 Å². The summed E-state index contributed by atoms with van der Waals surface area (Å²) in [4.78, 5) is 2.31. The summed E-state index contributed by atoms with van der Waals surface area (Å²) in [5.41, 5.74) is 2.37. The molecule has 0 radical (unpaired) electrons. The maximum absolute atomic E-state index is 14.7. The van der Waals surface area contributed by atoms with Gasteiger partial charge in [-0.15, -0.1) is 12.4 Å². The minimum atomic E-state index is -0.183. The van der Waals surface area contributed by atoms with Gasteiger partial charge in [-0.25, -0.2) is 4.39 Å². The van der Waals surface area contributed by atoms with Gasteiger partial charge in [0.25, 0.3) is 0 Å². The molecule has 1 aliphatic rings. The van der Waals surface area contributed by atoms with Gasteiger partial charge >= 0.3 is 0 Å². The lowest BCUT2D eigenvalue weighted by molar-refractivity contribution is 0.195. The normalized spacial score (nSPS) is 17.0. The van der Waals surface area contributed by atoms with Crippen molar-refractivity contribution in [2.45, 2.75) is 13.0 Å². The summed E-state index contributed by atoms with van der Waals surface area (Å²) in [7, 11) is 0. The number of aryl methyl sites for hydroxylation is 1. The number of halogens is 3. The summed E-state index contributed by atoms with van der Waals surface area (Å²) in [5.74, 6) is -0.183. The molecule has 0 bridgehead atoms. The highest BCUT2D eigenvalue weighted by atomic mass is 35.5. The molecular formula is C16H19Cl2FN2S. The predicted molar refractivity (Wildman–Crippen MR) is 94.0 cm³/mol. The molecule has 2 heterocycles. The number of thiophene rings is 1. The maximum atomic E-state index is 14.7. The molecule has 0 aliphatic carbocycles. The Morgan fingerprint density at radius 1 is 1.27 bits per heavy atom. The fourth-order valence-corrected chi connectivity index (χ4v) is 3.79. The van der Waals surface area contributed by atoms with Crippen LogP contribution >= 0.6 is 35.3 Å². The smallest absolute Gasteiger partial charge is 0.132 e. The highest BCUT2D eigenvalue weighted by molar-refractivity contribution is 7.08. The molecule has 0 unspecified atom stereocenters. The van der Waals surface area contributed by atoms with E-state index in [1.165, 1.54) is 0 Å². The molecule has 1 fully saturated rings. The molecule has 2 aromatic rings. The first-order valence-electron chi connectivity index (χ1n) is 7.10. The van der Waals surface area contributed by atoms with Crippen molar-refractivity contribution in [3.63, 3.8) is 0 Å². The van der Waals surface area contributed by atoms with E-state index in [4.69, 9.17) is 11.6 Å². The lowest BCUT2D eigenvalue weighted by Gasteiger charge is -2.35. The Morgan fingerprint density at radius 3 is 2.64 bits per heavy atom. The molecule has 0 amide bonds. The SMILES string of the molecule is Cc1ccc(Cl)c([C@@H](c2ccsc2)N2CCNCC2)c1F.Cl. The van der Waals surface area contributed by atoms with Crippen LogP contribution in [0.1, 0.15) is 22.7 Å². The Labute approximate surface area is 145 Å². The molecule has 0 saturated carbocycles. The first-order chi connectivity index (χ1) is 10.2. The molecular weight excluding hydrogens is 342 g/mol. The fourth-order valence-electron chi connectivity index (χ4n) is 2.86. The van der Waals surface area contributed by atoms with Crippen molar-refractivity contribution >= 4 is 35.3 Å². The quantitative estimate of drug-likeness (QED) is 0.879. The van der Waals surface area contributed by atoms with Crippen LogP contribution in [0.15, 0.2) is 29.0 Å². The van der Waals surface area contributed by atoms with Crippen molar-refractivity contribution in [3.8, 4) is 0 Å². The van der Waals surface area contributed by atoms with Crippen LogP contribution in [0, 0.1) is 12.7 Å². The van der Waals surface area contributed by atoms with Crippen LogP contribution in [0.25, 0.3) is 0 Å². The van der Waals surface area contributed by atoms with E-state index in [2.05, 4.69) is 21.7 Å². The van der Waals surface area contributed by atoms with E-state index >= 15 is 0 Å². The lowest BCUT2D eigenvalue weighted by Crippen LogP contribution is -2.45. The molecule has 3 rings (SSSR count). The van der Waals surface area contributed by atoms with E-state index in [1.807, 2.05) is 5.38 Å². The minimum absolute atomic E-state index is 0. The summed E-state index contributed by atoms with van der Waals surface area (Å²) >= 11 is 7.99. The van der Waals surface area contributed by atoms with E-state index in [1.54, 1.807) is 30.4 Å². The number of rotatable bonds is 3. The Bertz CT molecular complexity index is 613. The van der Waals surface area contributed by atoms with Gasteiger partial charge in [0.15, 0.2) is 0 Å². The van der Waals surface area contributed by atoms with Crippen molar-refractivity contribution in [3.05, 3.63) is 56.5 Å². The van der Waals surface area contributed by atoms with Gasteiger partial charge in [-0.1, -0.05) is 17.7 Å². The Hall–Kier alpha value is -0.650. The van der Waals surface area contributed by atoms with Crippen LogP contribution in [0.4, 0.5) is 4.39 Å². The van der Waals surface area contributed by atoms with Gasteiger partial charge < -0.3 is 5.32 Å². The number of hydrogen-bond donors (Lipinski definition) is 1. The van der Waals surface area contributed by atoms with Crippen LogP contribution in [-0.4, -0.2) is 31.1 Å². The summed E-state index contributed by atoms with van der Waals surface area (Å²) in [6.07, 6.45) is 0. The molecule has 1 aliphatic heterocycles. The number of nitrogens with zero attached hydrogens (tertiary/aromatic N) is 1. The summed E-state index contributed by atoms with van der Waals surface area (Å²) in [6.45, 7) is 5.42. The van der Waals surface area contributed by atoms with Gasteiger partial charge in [-0.2, -0.15) is 11.3 Å². The standard InChI is InChI=1S/C16H18ClFN2S.ClH/c1-11-2-3-13(17)14(15(11)18)16(12-4-9-21-10-12)20-7-5-19-6-8-20;/h2-4,9-10,16,19H,5-8H2,1H3;1H/t16-;/m1./s1. The molecule has 120 valence electrons. The molecule has 1 aromatic carbocycles. The largest absolute Gasteiger partial charge is 0.314 e. The lowest BCUT2D eigenvalue weighted by atomic mass is 9.96. The van der Waals surface area contributed by atoms with E-state index in [0.29, 0.717) is 16.1 Å². The fraction of sp³-hybridized carbons (Fsp3) is 0.375. The van der Waals surface area contributed by atoms with Gasteiger partial charge in [0.1, 0.15) is 5.82 Å². The zero-order valence-corrected chi connectivity index (χ0v) is 14.7. The van der Waals surface area contributed by atoms with E-state index in [0.717, 1.165) is 31.7 Å². The second-order valence-electron chi connectivity index (χ2n) is 5.34. The van der Waals surface area contributed by atoms with Gasteiger partial charge in [-0.05, 0) is 40.9 Å². The highest BCUT2D eigenvalue weighted by Crippen LogP contribution is 2.37. The van der Waals surface area contributed by atoms with Crippen molar-refractivity contribution in [2.75, 3.05) is 26.2 Å². The number of piperazine rings is 1. The third kappa shape index (κ3) is 3.47. The molecule has 6 heteroatoms. The highest BCUT2D eigenvalue weighted by Gasteiger charge is 2.29. The molecule has 2 nitrogen and oxygen atoms in total. The number of benzene rings is 1. The van der Waals surface area contributed by atoms with E-state index < -0.39 is 0 Å². The monoisotopic (exact) mass is 360 g/mol. The minimum Gasteiger partial charge on any atom is -0.314 e. The average Bonchev–Trinajstić information content (AvgIpc) is 3.02. The van der Waals surface area contributed by atoms with Crippen molar-refractivity contribution < 1.29 is 4.39 Å². The van der Waals surface area contributed by atoms with Gasteiger partial charge in [0.05, 0.1) is 6.04 Å². The van der Waals surface area contributed by atoms with Crippen LogP contribution < -0.4 is 5.32 Å². The molecule has 1 N–H and O–H groups in total. The van der Waals surface area contributed by atoms with Crippen molar-refractivity contribution in [1.29, 1.82) is 0 Å². The van der Waals surface area contributed by atoms with Gasteiger partial charge in [-0.3, -0.25) is 4.90 Å². The molecule has 1 aromatic heterocycles. The van der Waals surface area contributed by atoms with Gasteiger partial charge in [0, 0.05) is 36.8 Å². The van der Waals surface area contributed by atoms with Crippen LogP contribution in [0.5, 0.6) is 0 Å². The van der Waals surface area contributed by atoms with Crippen molar-refractivity contribution in [1.82, 2.24) is 10.2 Å². The summed E-state index contributed by atoms with van der Waals surface area (Å²) in [6, 6.07) is 5.50. The predicted octanol–water partition coefficient (Wildman–Crippen LogP) is 4.27. The Balaban J connectivity index is 0.00000176. The van der Waals surface area contributed by atoms with Crippen molar-refractivity contribution in [2.24, 2.45) is 0 Å².